The number of fused-ring (bicyclic) bond motifs is 1. The van der Waals surface area contributed by atoms with E-state index >= 15 is 0 Å². The zero-order valence-electron chi connectivity index (χ0n) is 10.9. The van der Waals surface area contributed by atoms with Crippen molar-refractivity contribution in [1.82, 2.24) is 0 Å². The highest BCUT2D eigenvalue weighted by molar-refractivity contribution is 6.67. The van der Waals surface area contributed by atoms with Crippen molar-refractivity contribution in [3.05, 3.63) is 0 Å². The molecule has 1 saturated heterocycles. The molecule has 0 radical (unpaired) electrons. The standard InChI is InChI=1S/C12H22O4Si/c1-9(13)16-17(3,14-2)7-6-10-4-5-11-12(8-10)15-11/h10-12H,4-8H2,1-3H3. The van der Waals surface area contributed by atoms with E-state index in [-0.39, 0.29) is 5.97 Å². The molecule has 0 spiro atoms. The van der Waals surface area contributed by atoms with Crippen LogP contribution in [0.4, 0.5) is 0 Å². The van der Waals surface area contributed by atoms with Crippen LogP contribution in [0.25, 0.3) is 0 Å². The van der Waals surface area contributed by atoms with E-state index in [2.05, 4.69) is 0 Å². The molecule has 1 aliphatic carbocycles. The van der Waals surface area contributed by atoms with Crippen molar-refractivity contribution in [1.29, 1.82) is 0 Å². The molecular weight excluding hydrogens is 236 g/mol. The first kappa shape index (κ1) is 13.0. The Balaban J connectivity index is 1.76. The fraction of sp³-hybridized carbons (Fsp3) is 0.917. The molecule has 0 aromatic carbocycles. The zero-order valence-corrected chi connectivity index (χ0v) is 11.9. The van der Waals surface area contributed by atoms with Crippen LogP contribution in [0.1, 0.15) is 32.6 Å². The normalized spacial score (nSPS) is 34.6. The Hall–Kier alpha value is -0.393. The molecule has 2 rings (SSSR count). The summed E-state index contributed by atoms with van der Waals surface area (Å²) >= 11 is 0. The zero-order chi connectivity index (χ0) is 12.5. The Kier molecular flexibility index (Phi) is 3.90. The third-order valence-corrected chi connectivity index (χ3v) is 6.69. The molecule has 1 heterocycles. The van der Waals surface area contributed by atoms with Gasteiger partial charge >= 0.3 is 8.56 Å². The van der Waals surface area contributed by atoms with Gasteiger partial charge in [0, 0.05) is 20.1 Å². The molecule has 17 heavy (non-hydrogen) atoms. The molecule has 1 saturated carbocycles. The topological polar surface area (TPSA) is 48.1 Å². The number of rotatable bonds is 5. The Morgan fingerprint density at radius 1 is 1.41 bits per heavy atom. The van der Waals surface area contributed by atoms with Crippen LogP contribution >= 0.6 is 0 Å². The van der Waals surface area contributed by atoms with Crippen LogP contribution in [-0.4, -0.2) is 33.8 Å². The summed E-state index contributed by atoms with van der Waals surface area (Å²) in [5.41, 5.74) is 0. The molecule has 4 unspecified atom stereocenters. The van der Waals surface area contributed by atoms with Gasteiger partial charge in [0.05, 0.1) is 12.2 Å². The Morgan fingerprint density at radius 2 is 2.18 bits per heavy atom. The minimum atomic E-state index is -2.27. The molecular formula is C12H22O4Si. The second-order valence-electron chi connectivity index (χ2n) is 5.36. The summed E-state index contributed by atoms with van der Waals surface area (Å²) in [6.07, 6.45) is 5.81. The van der Waals surface area contributed by atoms with Crippen molar-refractivity contribution >= 4 is 14.5 Å². The van der Waals surface area contributed by atoms with Crippen LogP contribution in [-0.2, 0) is 18.4 Å². The van der Waals surface area contributed by atoms with Crippen molar-refractivity contribution in [2.75, 3.05) is 7.11 Å². The summed E-state index contributed by atoms with van der Waals surface area (Å²) in [5.74, 6) is 0.492. The molecule has 0 bridgehead atoms. The lowest BCUT2D eigenvalue weighted by Gasteiger charge is -2.26. The van der Waals surface area contributed by atoms with Crippen LogP contribution in [0.2, 0.25) is 12.6 Å². The van der Waals surface area contributed by atoms with Crippen molar-refractivity contribution in [2.24, 2.45) is 5.92 Å². The molecule has 5 heteroatoms. The van der Waals surface area contributed by atoms with Crippen LogP contribution < -0.4 is 0 Å². The van der Waals surface area contributed by atoms with Gasteiger partial charge < -0.3 is 13.6 Å². The SMILES string of the molecule is CO[Si](C)(CCC1CCC2OC2C1)OC(C)=O. The Morgan fingerprint density at radius 3 is 2.76 bits per heavy atom. The summed E-state index contributed by atoms with van der Waals surface area (Å²) in [5, 5.41) is 0. The van der Waals surface area contributed by atoms with E-state index in [9.17, 15) is 4.79 Å². The molecule has 0 N–H and O–H groups in total. The molecule has 2 aliphatic rings. The average Bonchev–Trinajstić information content (AvgIpc) is 3.03. The van der Waals surface area contributed by atoms with E-state index in [1.807, 2.05) is 6.55 Å². The molecule has 0 aromatic rings. The predicted molar refractivity (Wildman–Crippen MR) is 65.8 cm³/mol. The highest BCUT2D eigenvalue weighted by atomic mass is 28.4. The van der Waals surface area contributed by atoms with Gasteiger partial charge in [0.15, 0.2) is 0 Å². The first-order valence-corrected chi connectivity index (χ1v) is 8.95. The second-order valence-corrected chi connectivity index (χ2v) is 8.74. The second kappa shape index (κ2) is 5.08. The largest absolute Gasteiger partial charge is 0.494 e. The van der Waals surface area contributed by atoms with Crippen molar-refractivity contribution in [3.63, 3.8) is 0 Å². The van der Waals surface area contributed by atoms with Gasteiger partial charge in [-0.05, 0) is 38.1 Å². The lowest BCUT2D eigenvalue weighted by Crippen LogP contribution is -2.39. The van der Waals surface area contributed by atoms with Gasteiger partial charge in [-0.15, -0.1) is 0 Å². The third kappa shape index (κ3) is 3.53. The van der Waals surface area contributed by atoms with Crippen LogP contribution in [0, 0.1) is 5.92 Å². The smallest absolute Gasteiger partial charge is 0.398 e. The van der Waals surface area contributed by atoms with E-state index in [1.165, 1.54) is 26.2 Å². The van der Waals surface area contributed by atoms with Crippen molar-refractivity contribution in [2.45, 2.75) is 57.4 Å². The lowest BCUT2D eigenvalue weighted by molar-refractivity contribution is -0.134. The first-order valence-electron chi connectivity index (χ1n) is 6.42. The number of ether oxygens (including phenoxy) is 1. The molecule has 4 atom stereocenters. The first-order chi connectivity index (χ1) is 8.02. The summed E-state index contributed by atoms with van der Waals surface area (Å²) in [4.78, 5) is 11.0. The summed E-state index contributed by atoms with van der Waals surface area (Å²) in [7, 11) is -0.620. The van der Waals surface area contributed by atoms with Gasteiger partial charge in [-0.2, -0.15) is 0 Å². The number of hydrogen-bond donors (Lipinski definition) is 0. The minimum absolute atomic E-state index is 0.227. The van der Waals surface area contributed by atoms with E-state index < -0.39 is 8.56 Å². The molecule has 0 amide bonds. The maximum atomic E-state index is 11.0. The van der Waals surface area contributed by atoms with Gasteiger partial charge in [0.25, 0.3) is 5.97 Å². The maximum absolute atomic E-state index is 11.0. The van der Waals surface area contributed by atoms with E-state index in [4.69, 9.17) is 13.6 Å². The van der Waals surface area contributed by atoms with Crippen molar-refractivity contribution in [3.8, 4) is 0 Å². The number of carbonyl (C=O) groups excluding carboxylic acids is 1. The maximum Gasteiger partial charge on any atom is 0.398 e. The van der Waals surface area contributed by atoms with Crippen LogP contribution in [0.3, 0.4) is 0 Å². The van der Waals surface area contributed by atoms with Gasteiger partial charge in [-0.1, -0.05) is 0 Å². The summed E-state index contributed by atoms with van der Waals surface area (Å²) in [6, 6.07) is 0.894. The van der Waals surface area contributed by atoms with E-state index in [1.54, 1.807) is 7.11 Å². The number of carbonyl (C=O) groups is 1. The van der Waals surface area contributed by atoms with E-state index in [0.717, 1.165) is 18.4 Å². The monoisotopic (exact) mass is 258 g/mol. The van der Waals surface area contributed by atoms with Gasteiger partial charge in [0.2, 0.25) is 0 Å². The Bertz CT molecular complexity index is 296. The van der Waals surface area contributed by atoms with Gasteiger partial charge in [0.1, 0.15) is 0 Å². The van der Waals surface area contributed by atoms with Crippen molar-refractivity contribution < 1.29 is 18.4 Å². The fourth-order valence-corrected chi connectivity index (χ4v) is 4.64. The minimum Gasteiger partial charge on any atom is -0.494 e. The molecule has 98 valence electrons. The van der Waals surface area contributed by atoms with Crippen LogP contribution in [0.5, 0.6) is 0 Å². The highest BCUT2D eigenvalue weighted by Gasteiger charge is 2.44. The lowest BCUT2D eigenvalue weighted by atomic mass is 9.88. The third-order valence-electron chi connectivity index (χ3n) is 3.91. The molecule has 0 aromatic heterocycles. The molecule has 2 fully saturated rings. The number of hydrogen-bond acceptors (Lipinski definition) is 4. The quantitative estimate of drug-likeness (QED) is 0.560. The molecule has 4 nitrogen and oxygen atoms in total. The van der Waals surface area contributed by atoms with E-state index in [0.29, 0.717) is 12.2 Å². The molecule has 1 aliphatic heterocycles. The number of epoxide rings is 1. The van der Waals surface area contributed by atoms with Gasteiger partial charge in [-0.25, -0.2) is 0 Å². The Labute approximate surface area is 104 Å². The summed E-state index contributed by atoms with van der Waals surface area (Å²) < 4.78 is 16.3. The predicted octanol–water partition coefficient (Wildman–Crippen LogP) is 2.23. The van der Waals surface area contributed by atoms with Gasteiger partial charge in [-0.3, -0.25) is 4.79 Å². The summed E-state index contributed by atoms with van der Waals surface area (Å²) in [6.45, 7) is 3.42. The van der Waals surface area contributed by atoms with Crippen LogP contribution in [0.15, 0.2) is 0 Å². The average molecular weight is 258 g/mol. The fourth-order valence-electron chi connectivity index (χ4n) is 2.71. The highest BCUT2D eigenvalue weighted by Crippen LogP contribution is 2.41.